The second kappa shape index (κ2) is 5.53. The molecule has 98 valence electrons. The minimum Gasteiger partial charge on any atom is -0.507 e. The number of carbonyl (C=O) groups is 2. The number of rotatable bonds is 5. The highest BCUT2D eigenvalue weighted by atomic mass is 16.3. The SMILES string of the molecule is CCCCC(=O)c1c(O)cc(O)c(C(C)=O)c1O. The number of aromatic hydroxyl groups is 3. The number of carbonyl (C=O) groups excluding carboxylic acids is 2. The summed E-state index contributed by atoms with van der Waals surface area (Å²) in [6.45, 7) is 3.07. The second-order valence-corrected chi connectivity index (χ2v) is 4.10. The molecule has 0 heterocycles. The normalized spacial score (nSPS) is 10.3. The Balaban J connectivity index is 3.31. The fourth-order valence-electron chi connectivity index (χ4n) is 1.73. The standard InChI is InChI=1S/C13H16O5/c1-3-4-5-8(15)12-10(17)6-9(16)11(7(2)14)13(12)18/h6,16-18H,3-5H2,1-2H3. The summed E-state index contributed by atoms with van der Waals surface area (Å²) in [6, 6.07) is 0.898. The molecule has 0 bridgehead atoms. The largest absolute Gasteiger partial charge is 0.507 e. The van der Waals surface area contributed by atoms with E-state index < -0.39 is 28.8 Å². The molecule has 0 aliphatic rings. The first-order valence-electron chi connectivity index (χ1n) is 5.72. The van der Waals surface area contributed by atoms with Crippen LogP contribution >= 0.6 is 0 Å². The van der Waals surface area contributed by atoms with E-state index in [1.807, 2.05) is 6.92 Å². The van der Waals surface area contributed by atoms with Crippen LogP contribution in [0.5, 0.6) is 17.2 Å². The Morgan fingerprint density at radius 3 is 2.17 bits per heavy atom. The van der Waals surface area contributed by atoms with Gasteiger partial charge in [0.25, 0.3) is 0 Å². The molecule has 3 N–H and O–H groups in total. The molecule has 0 aliphatic carbocycles. The van der Waals surface area contributed by atoms with Crippen molar-refractivity contribution in [2.24, 2.45) is 0 Å². The Morgan fingerprint density at radius 1 is 1.11 bits per heavy atom. The molecule has 1 rings (SSSR count). The molecule has 0 amide bonds. The van der Waals surface area contributed by atoms with E-state index in [0.29, 0.717) is 6.42 Å². The summed E-state index contributed by atoms with van der Waals surface area (Å²) in [5.41, 5.74) is -0.640. The van der Waals surface area contributed by atoms with Gasteiger partial charge in [-0.1, -0.05) is 13.3 Å². The van der Waals surface area contributed by atoms with Gasteiger partial charge >= 0.3 is 0 Å². The first kappa shape index (κ1) is 14.0. The third-order valence-corrected chi connectivity index (χ3v) is 2.65. The minimum atomic E-state index is -0.652. The average Bonchev–Trinajstić information content (AvgIpc) is 2.24. The fourth-order valence-corrected chi connectivity index (χ4v) is 1.73. The molecule has 0 spiro atoms. The van der Waals surface area contributed by atoms with Gasteiger partial charge in [0.1, 0.15) is 28.4 Å². The molecule has 0 radical (unpaired) electrons. The van der Waals surface area contributed by atoms with E-state index >= 15 is 0 Å². The van der Waals surface area contributed by atoms with E-state index in [4.69, 9.17) is 0 Å². The van der Waals surface area contributed by atoms with Gasteiger partial charge in [-0.2, -0.15) is 0 Å². The van der Waals surface area contributed by atoms with Crippen molar-refractivity contribution >= 4 is 11.6 Å². The van der Waals surface area contributed by atoms with Crippen LogP contribution in [0.1, 0.15) is 53.8 Å². The van der Waals surface area contributed by atoms with E-state index in [-0.39, 0.29) is 17.5 Å². The molecule has 0 saturated heterocycles. The summed E-state index contributed by atoms with van der Waals surface area (Å²) in [5.74, 6) is -2.73. The Labute approximate surface area is 105 Å². The van der Waals surface area contributed by atoms with E-state index in [0.717, 1.165) is 19.4 Å². The predicted octanol–water partition coefficient (Wildman–Crippen LogP) is 2.38. The number of phenols is 3. The van der Waals surface area contributed by atoms with E-state index in [1.54, 1.807) is 0 Å². The molecule has 0 aromatic heterocycles. The predicted molar refractivity (Wildman–Crippen MR) is 65.3 cm³/mol. The van der Waals surface area contributed by atoms with Gasteiger partial charge in [-0.25, -0.2) is 0 Å². The van der Waals surface area contributed by atoms with E-state index in [9.17, 15) is 24.9 Å². The van der Waals surface area contributed by atoms with Crippen LogP contribution in [-0.4, -0.2) is 26.9 Å². The average molecular weight is 252 g/mol. The van der Waals surface area contributed by atoms with Gasteiger partial charge < -0.3 is 15.3 Å². The van der Waals surface area contributed by atoms with Gasteiger partial charge in [-0.15, -0.1) is 0 Å². The lowest BCUT2D eigenvalue weighted by Gasteiger charge is -2.11. The molecular formula is C13H16O5. The Morgan fingerprint density at radius 2 is 1.67 bits per heavy atom. The first-order chi connectivity index (χ1) is 8.40. The van der Waals surface area contributed by atoms with Crippen molar-refractivity contribution in [2.75, 3.05) is 0 Å². The van der Waals surface area contributed by atoms with Gasteiger partial charge in [0.15, 0.2) is 11.6 Å². The van der Waals surface area contributed by atoms with Crippen molar-refractivity contribution < 1.29 is 24.9 Å². The molecule has 0 unspecified atom stereocenters. The van der Waals surface area contributed by atoms with Crippen molar-refractivity contribution in [3.63, 3.8) is 0 Å². The lowest BCUT2D eigenvalue weighted by Crippen LogP contribution is -2.04. The smallest absolute Gasteiger partial charge is 0.170 e. The van der Waals surface area contributed by atoms with Crippen molar-refractivity contribution in [1.29, 1.82) is 0 Å². The molecule has 0 aliphatic heterocycles. The van der Waals surface area contributed by atoms with Crippen LogP contribution in [-0.2, 0) is 0 Å². The molecule has 5 heteroatoms. The summed E-state index contributed by atoms with van der Waals surface area (Å²) in [4.78, 5) is 23.1. The molecule has 18 heavy (non-hydrogen) atoms. The first-order valence-corrected chi connectivity index (χ1v) is 5.72. The lowest BCUT2D eigenvalue weighted by atomic mass is 9.98. The molecule has 5 nitrogen and oxygen atoms in total. The summed E-state index contributed by atoms with van der Waals surface area (Å²) in [6.07, 6.45) is 1.58. The summed E-state index contributed by atoms with van der Waals surface area (Å²) in [7, 11) is 0. The monoisotopic (exact) mass is 252 g/mol. The highest BCUT2D eigenvalue weighted by Gasteiger charge is 2.24. The van der Waals surface area contributed by atoms with Crippen LogP contribution < -0.4 is 0 Å². The lowest BCUT2D eigenvalue weighted by molar-refractivity contribution is 0.0974. The number of benzene rings is 1. The highest BCUT2D eigenvalue weighted by molar-refractivity contribution is 6.08. The minimum absolute atomic E-state index is 0.166. The van der Waals surface area contributed by atoms with Crippen LogP contribution in [0.25, 0.3) is 0 Å². The Kier molecular flexibility index (Phi) is 4.31. The van der Waals surface area contributed by atoms with Gasteiger partial charge in [0.2, 0.25) is 0 Å². The third-order valence-electron chi connectivity index (χ3n) is 2.65. The zero-order valence-electron chi connectivity index (χ0n) is 10.4. The van der Waals surface area contributed by atoms with Crippen LogP contribution in [0.15, 0.2) is 6.07 Å². The highest BCUT2D eigenvalue weighted by Crippen LogP contribution is 2.38. The number of hydrogen-bond donors (Lipinski definition) is 3. The molecule has 1 aromatic rings. The summed E-state index contributed by atoms with van der Waals surface area (Å²) < 4.78 is 0. The zero-order valence-corrected chi connectivity index (χ0v) is 10.4. The maximum atomic E-state index is 11.8. The molecular weight excluding hydrogens is 236 g/mol. The number of Topliss-reactive ketones (excluding diaryl/α,β-unsaturated/α-hetero) is 2. The number of phenolic OH excluding ortho intramolecular Hbond substituents is 3. The van der Waals surface area contributed by atoms with Gasteiger partial charge in [-0.3, -0.25) is 9.59 Å². The topological polar surface area (TPSA) is 94.8 Å². The molecule has 1 aromatic carbocycles. The van der Waals surface area contributed by atoms with Crippen LogP contribution in [0.3, 0.4) is 0 Å². The van der Waals surface area contributed by atoms with Crippen molar-refractivity contribution in [3.8, 4) is 17.2 Å². The van der Waals surface area contributed by atoms with Crippen LogP contribution in [0, 0.1) is 0 Å². The van der Waals surface area contributed by atoms with Gasteiger partial charge in [0, 0.05) is 12.5 Å². The van der Waals surface area contributed by atoms with E-state index in [2.05, 4.69) is 0 Å². The quantitative estimate of drug-likeness (QED) is 0.699. The summed E-state index contributed by atoms with van der Waals surface area (Å²) >= 11 is 0. The zero-order chi connectivity index (χ0) is 13.9. The van der Waals surface area contributed by atoms with Crippen molar-refractivity contribution in [2.45, 2.75) is 33.1 Å². The number of hydrogen-bond acceptors (Lipinski definition) is 5. The van der Waals surface area contributed by atoms with Crippen LogP contribution in [0.4, 0.5) is 0 Å². The van der Waals surface area contributed by atoms with Crippen molar-refractivity contribution in [3.05, 3.63) is 17.2 Å². The van der Waals surface area contributed by atoms with Gasteiger partial charge in [0.05, 0.1) is 0 Å². The fraction of sp³-hybridized carbons (Fsp3) is 0.385. The van der Waals surface area contributed by atoms with Crippen LogP contribution in [0.2, 0.25) is 0 Å². The van der Waals surface area contributed by atoms with Crippen molar-refractivity contribution in [1.82, 2.24) is 0 Å². The third kappa shape index (κ3) is 2.61. The maximum Gasteiger partial charge on any atom is 0.170 e. The summed E-state index contributed by atoms with van der Waals surface area (Å²) in [5, 5.41) is 28.9. The molecule has 0 saturated carbocycles. The number of ketones is 2. The van der Waals surface area contributed by atoms with E-state index in [1.165, 1.54) is 0 Å². The molecule has 0 atom stereocenters. The van der Waals surface area contributed by atoms with Gasteiger partial charge in [-0.05, 0) is 13.3 Å². The number of unbranched alkanes of at least 4 members (excludes halogenated alkanes) is 1. The second-order valence-electron chi connectivity index (χ2n) is 4.10. The molecule has 0 fully saturated rings. The Bertz CT molecular complexity index is 491. The maximum absolute atomic E-state index is 11.8. The Hall–Kier alpha value is -2.04.